The summed E-state index contributed by atoms with van der Waals surface area (Å²) in [6.07, 6.45) is -1.88. The number of alkyl halides is 3. The van der Waals surface area contributed by atoms with E-state index in [0.29, 0.717) is 19.3 Å². The summed E-state index contributed by atoms with van der Waals surface area (Å²) in [4.78, 5) is 26.7. The molecule has 2 heterocycles. The molecule has 3 aromatic rings. The number of rotatable bonds is 5. The van der Waals surface area contributed by atoms with E-state index in [2.05, 4.69) is 10.4 Å². The monoisotopic (exact) mass is 584 g/mol. The average Bonchev–Trinajstić information content (AvgIpc) is 3.36. The molecule has 1 aliphatic carbocycles. The van der Waals surface area contributed by atoms with Crippen molar-refractivity contribution in [2.45, 2.75) is 58.5 Å². The third-order valence-corrected chi connectivity index (χ3v) is 7.52. The summed E-state index contributed by atoms with van der Waals surface area (Å²) in [5.74, 6) is -1.00. The molecular formula is C31H32F4N4O3. The molecule has 222 valence electrons. The summed E-state index contributed by atoms with van der Waals surface area (Å²) in [5, 5.41) is 5.91. The number of aromatic nitrogens is 2. The van der Waals surface area contributed by atoms with E-state index in [9.17, 15) is 27.2 Å². The largest absolute Gasteiger partial charge is 0.504 e. The molecule has 1 saturated carbocycles. The lowest BCUT2D eigenvalue weighted by molar-refractivity contribution is -0.212. The highest BCUT2D eigenvalue weighted by atomic mass is 19.4. The Morgan fingerprint density at radius 3 is 2.05 bits per heavy atom. The van der Waals surface area contributed by atoms with Gasteiger partial charge in [0.05, 0.1) is 17.8 Å². The Morgan fingerprint density at radius 1 is 0.952 bits per heavy atom. The van der Waals surface area contributed by atoms with Crippen molar-refractivity contribution >= 4 is 17.6 Å². The number of carbonyl (C=O) groups excluding carboxylic acids is 2. The fraction of sp³-hybridized carbons (Fsp3) is 0.387. The van der Waals surface area contributed by atoms with Gasteiger partial charge < -0.3 is 15.0 Å². The summed E-state index contributed by atoms with van der Waals surface area (Å²) in [6.45, 7) is 8.51. The van der Waals surface area contributed by atoms with Gasteiger partial charge in [0, 0.05) is 24.7 Å². The number of hydrogen-bond donors (Lipinski definition) is 1. The zero-order valence-electron chi connectivity index (χ0n) is 23.8. The van der Waals surface area contributed by atoms with E-state index in [0.717, 1.165) is 41.3 Å². The molecule has 42 heavy (non-hydrogen) atoms. The molecule has 1 atom stereocenters. The van der Waals surface area contributed by atoms with Crippen molar-refractivity contribution < 1.29 is 31.9 Å². The molecule has 2 aromatic carbocycles. The molecule has 1 aromatic heterocycles. The Morgan fingerprint density at radius 2 is 1.52 bits per heavy atom. The second-order valence-corrected chi connectivity index (χ2v) is 12.1. The fourth-order valence-corrected chi connectivity index (χ4v) is 5.54. The van der Waals surface area contributed by atoms with E-state index in [1.807, 2.05) is 45.0 Å². The lowest BCUT2D eigenvalue weighted by Crippen LogP contribution is -2.62. The van der Waals surface area contributed by atoms with E-state index in [-0.39, 0.29) is 27.6 Å². The molecule has 2 amide bonds. The van der Waals surface area contributed by atoms with Gasteiger partial charge in [0.2, 0.25) is 0 Å². The maximum atomic E-state index is 13.7. The molecule has 1 aliphatic heterocycles. The Bertz CT molecular complexity index is 1500. The predicted octanol–water partition coefficient (Wildman–Crippen LogP) is 6.82. The standard InChI is InChI=1S/C31H32F4N4O3/c1-19(37-27(40)24-15-36-39(16-24)31(33,34)35)20-5-7-21(8-6-20)26(22-9-11-25(32)12-10-22)23-13-30(14-23)17-38(18-30)28(41)42-29(2,3)4/h5-12,15-16,19H,13-14,17-18H2,1-4H3,(H,37,40)/t19-/m1/s1. The van der Waals surface area contributed by atoms with E-state index in [1.165, 1.54) is 17.7 Å². The number of likely N-dealkylation sites (tertiary alicyclic amines) is 1. The molecule has 0 radical (unpaired) electrons. The van der Waals surface area contributed by atoms with Gasteiger partial charge >= 0.3 is 12.4 Å². The van der Waals surface area contributed by atoms with Gasteiger partial charge in [0.1, 0.15) is 11.4 Å². The van der Waals surface area contributed by atoms with Crippen LogP contribution in [0.5, 0.6) is 0 Å². The Balaban J connectivity index is 1.30. The Hall–Kier alpha value is -4.15. The van der Waals surface area contributed by atoms with E-state index in [1.54, 1.807) is 24.0 Å². The first-order valence-corrected chi connectivity index (χ1v) is 13.6. The minimum Gasteiger partial charge on any atom is -0.444 e. The molecule has 1 saturated heterocycles. The fourth-order valence-electron chi connectivity index (χ4n) is 5.54. The number of nitrogens with zero attached hydrogens (tertiary/aromatic N) is 3. The van der Waals surface area contributed by atoms with E-state index < -0.39 is 23.9 Å². The lowest BCUT2D eigenvalue weighted by Gasteiger charge is -2.57. The SMILES string of the molecule is C[C@@H](NC(=O)c1cnn(C(F)(F)F)c1)c1ccc(C(=C2CC3(C2)CN(C(=O)OC(C)(C)C)C3)c2ccc(F)cc2)cc1. The number of hydrogen-bond acceptors (Lipinski definition) is 4. The van der Waals surface area contributed by atoms with Crippen molar-refractivity contribution in [3.63, 3.8) is 0 Å². The number of allylic oxidation sites excluding steroid dienone is 1. The van der Waals surface area contributed by atoms with Crippen molar-refractivity contribution in [2.24, 2.45) is 5.41 Å². The topological polar surface area (TPSA) is 76.5 Å². The van der Waals surface area contributed by atoms with Crippen LogP contribution in [0, 0.1) is 11.2 Å². The molecule has 1 N–H and O–H groups in total. The highest BCUT2D eigenvalue weighted by Crippen LogP contribution is 2.54. The highest BCUT2D eigenvalue weighted by Gasteiger charge is 2.53. The maximum absolute atomic E-state index is 13.7. The normalized spacial score (nSPS) is 16.9. The van der Waals surface area contributed by atoms with Gasteiger partial charge in [-0.05, 0) is 74.9 Å². The third-order valence-electron chi connectivity index (χ3n) is 7.52. The quantitative estimate of drug-likeness (QED) is 0.334. The summed E-state index contributed by atoms with van der Waals surface area (Å²) >= 11 is 0. The zero-order chi connectivity index (χ0) is 30.4. The maximum Gasteiger partial charge on any atom is 0.504 e. The Labute approximate surface area is 241 Å². The number of halogens is 4. The summed E-state index contributed by atoms with van der Waals surface area (Å²) in [6, 6.07) is 13.4. The van der Waals surface area contributed by atoms with Crippen LogP contribution in [0.15, 0.2) is 66.5 Å². The van der Waals surface area contributed by atoms with Crippen LogP contribution in [0.4, 0.5) is 22.4 Å². The van der Waals surface area contributed by atoms with Gasteiger partial charge in [-0.2, -0.15) is 9.78 Å². The van der Waals surface area contributed by atoms with Crippen LogP contribution in [-0.2, 0) is 11.0 Å². The number of carbonyl (C=O) groups is 2. The van der Waals surface area contributed by atoms with Gasteiger partial charge in [-0.25, -0.2) is 9.18 Å². The summed E-state index contributed by atoms with van der Waals surface area (Å²) in [7, 11) is 0. The first-order chi connectivity index (χ1) is 19.6. The van der Waals surface area contributed by atoms with Gasteiger partial charge in [-0.15, -0.1) is 13.2 Å². The first kappa shape index (κ1) is 29.3. The van der Waals surface area contributed by atoms with Crippen LogP contribution in [0.3, 0.4) is 0 Å². The molecule has 7 nitrogen and oxygen atoms in total. The summed E-state index contributed by atoms with van der Waals surface area (Å²) in [5.41, 5.74) is 4.03. The second-order valence-electron chi connectivity index (χ2n) is 12.1. The molecule has 2 aliphatic rings. The molecular weight excluding hydrogens is 552 g/mol. The van der Waals surface area contributed by atoms with Crippen molar-refractivity contribution in [3.05, 3.63) is 94.6 Å². The van der Waals surface area contributed by atoms with Crippen LogP contribution in [0.1, 0.15) is 73.6 Å². The highest BCUT2D eigenvalue weighted by molar-refractivity contribution is 5.94. The predicted molar refractivity (Wildman–Crippen MR) is 148 cm³/mol. The minimum absolute atomic E-state index is 0.0101. The molecule has 1 spiro atoms. The molecule has 2 fully saturated rings. The van der Waals surface area contributed by atoms with E-state index >= 15 is 0 Å². The lowest BCUT2D eigenvalue weighted by atomic mass is 9.59. The number of benzene rings is 2. The van der Waals surface area contributed by atoms with Crippen molar-refractivity contribution in [2.75, 3.05) is 13.1 Å². The first-order valence-electron chi connectivity index (χ1n) is 13.6. The number of ether oxygens (including phenoxy) is 1. The van der Waals surface area contributed by atoms with Crippen LogP contribution >= 0.6 is 0 Å². The third kappa shape index (κ3) is 6.19. The van der Waals surface area contributed by atoms with Gasteiger partial charge in [-0.3, -0.25) is 4.79 Å². The van der Waals surface area contributed by atoms with Gasteiger partial charge in [0.25, 0.3) is 5.91 Å². The smallest absolute Gasteiger partial charge is 0.444 e. The number of amides is 2. The average molecular weight is 585 g/mol. The van der Waals surface area contributed by atoms with Crippen molar-refractivity contribution in [1.82, 2.24) is 20.0 Å². The van der Waals surface area contributed by atoms with E-state index in [4.69, 9.17) is 4.74 Å². The van der Waals surface area contributed by atoms with Gasteiger partial charge in [-0.1, -0.05) is 42.0 Å². The molecule has 5 rings (SSSR count). The molecule has 0 unspecified atom stereocenters. The van der Waals surface area contributed by atoms with Crippen LogP contribution in [-0.4, -0.2) is 45.4 Å². The second kappa shape index (κ2) is 10.6. The zero-order valence-corrected chi connectivity index (χ0v) is 23.8. The van der Waals surface area contributed by atoms with Crippen molar-refractivity contribution in [3.8, 4) is 0 Å². The molecule has 11 heteroatoms. The molecule has 0 bridgehead atoms. The van der Waals surface area contributed by atoms with Gasteiger partial charge in [0.15, 0.2) is 0 Å². The van der Waals surface area contributed by atoms with Crippen molar-refractivity contribution in [1.29, 1.82) is 0 Å². The van der Waals surface area contributed by atoms with Crippen LogP contribution < -0.4 is 5.32 Å². The summed E-state index contributed by atoms with van der Waals surface area (Å²) < 4.78 is 57.5. The van der Waals surface area contributed by atoms with Crippen LogP contribution in [0.2, 0.25) is 0 Å². The van der Waals surface area contributed by atoms with Crippen LogP contribution in [0.25, 0.3) is 5.57 Å². The minimum atomic E-state index is -4.70. The Kier molecular flexibility index (Phi) is 7.40. The number of nitrogens with one attached hydrogen (secondary N) is 1.